The van der Waals surface area contributed by atoms with Gasteiger partial charge in [0.15, 0.2) is 11.5 Å². The average molecular weight is 364 g/mol. The first-order valence-corrected chi connectivity index (χ1v) is 7.25. The van der Waals surface area contributed by atoms with Gasteiger partial charge in [-0.15, -0.1) is 0 Å². The molecule has 1 aliphatic rings. The van der Waals surface area contributed by atoms with Crippen LogP contribution >= 0.6 is 0 Å². The number of nitrogens with zero attached hydrogens (tertiary/aromatic N) is 1. The van der Waals surface area contributed by atoms with Crippen molar-refractivity contribution in [1.82, 2.24) is 0 Å². The molecule has 2 aromatic carbocycles. The van der Waals surface area contributed by atoms with E-state index in [-0.39, 0.29) is 17.0 Å². The fourth-order valence-electron chi connectivity index (χ4n) is 3.27. The smallest absolute Gasteiger partial charge is 0.161 e. The minimum atomic E-state index is 0. The predicted molar refractivity (Wildman–Crippen MR) is 83.3 cm³/mol. The number of hydrogen-bond acceptors (Lipinski definition) is 2. The molecule has 0 aliphatic carbocycles. The van der Waals surface area contributed by atoms with Crippen molar-refractivity contribution in [1.29, 1.82) is 0 Å². The predicted octanol–water partition coefficient (Wildman–Crippen LogP) is 0.368. The molecule has 3 rings (SSSR count). The van der Waals surface area contributed by atoms with E-state index in [0.717, 1.165) is 35.6 Å². The molecule has 4 heteroatoms. The van der Waals surface area contributed by atoms with Crippen molar-refractivity contribution in [2.75, 3.05) is 21.3 Å². The molecule has 1 heterocycles. The molecule has 3 nitrogen and oxygen atoms in total. The Kier molecular flexibility index (Phi) is 5.14. The number of methoxy groups -OCH3 is 2. The SMILES string of the molecule is COc1cc2c(cc1OC)C[N+](C)(Cc1ccccc1)C2.[Br-]. The minimum Gasteiger partial charge on any atom is -1.00 e. The summed E-state index contributed by atoms with van der Waals surface area (Å²) in [5.74, 6) is 1.65. The number of quaternary nitrogens is 1. The Balaban J connectivity index is 0.00000176. The molecule has 0 saturated carbocycles. The molecule has 0 unspecified atom stereocenters. The molecule has 0 bridgehead atoms. The topological polar surface area (TPSA) is 18.5 Å². The van der Waals surface area contributed by atoms with Crippen molar-refractivity contribution in [3.8, 4) is 11.5 Å². The molecule has 22 heavy (non-hydrogen) atoms. The molecule has 0 spiro atoms. The van der Waals surface area contributed by atoms with E-state index in [9.17, 15) is 0 Å². The first-order valence-electron chi connectivity index (χ1n) is 7.25. The quantitative estimate of drug-likeness (QED) is 0.730. The lowest BCUT2D eigenvalue weighted by atomic mass is 10.1. The van der Waals surface area contributed by atoms with E-state index in [1.54, 1.807) is 14.2 Å². The second-order valence-electron chi connectivity index (χ2n) is 6.06. The highest BCUT2D eigenvalue weighted by molar-refractivity contribution is 5.48. The lowest BCUT2D eigenvalue weighted by molar-refractivity contribution is -0.941. The van der Waals surface area contributed by atoms with E-state index in [2.05, 4.69) is 49.5 Å². The van der Waals surface area contributed by atoms with Crippen LogP contribution in [-0.4, -0.2) is 25.8 Å². The summed E-state index contributed by atoms with van der Waals surface area (Å²) in [4.78, 5) is 0. The van der Waals surface area contributed by atoms with E-state index >= 15 is 0 Å². The Morgan fingerprint density at radius 3 is 1.86 bits per heavy atom. The molecular weight excluding hydrogens is 342 g/mol. The molecule has 0 saturated heterocycles. The summed E-state index contributed by atoms with van der Waals surface area (Å²) in [6.07, 6.45) is 0. The number of fused-ring (bicyclic) bond motifs is 1. The Bertz CT molecular complexity index is 610. The number of ether oxygens (including phenoxy) is 2. The maximum atomic E-state index is 5.42. The number of benzene rings is 2. The molecular formula is C18H22BrNO2. The summed E-state index contributed by atoms with van der Waals surface area (Å²) < 4.78 is 11.8. The first-order chi connectivity index (χ1) is 10.1. The van der Waals surface area contributed by atoms with Crippen LogP contribution in [0.2, 0.25) is 0 Å². The lowest BCUT2D eigenvalue weighted by Gasteiger charge is -2.29. The zero-order valence-electron chi connectivity index (χ0n) is 13.3. The van der Waals surface area contributed by atoms with Crippen LogP contribution < -0.4 is 26.5 Å². The van der Waals surface area contributed by atoms with E-state index in [1.807, 2.05) is 0 Å². The summed E-state index contributed by atoms with van der Waals surface area (Å²) in [5.41, 5.74) is 4.11. The fourth-order valence-corrected chi connectivity index (χ4v) is 3.27. The molecule has 2 aromatic rings. The average Bonchev–Trinajstić information content (AvgIpc) is 2.81. The van der Waals surface area contributed by atoms with Crippen molar-refractivity contribution in [2.24, 2.45) is 0 Å². The largest absolute Gasteiger partial charge is 1.00 e. The Hall–Kier alpha value is -1.52. The fraction of sp³-hybridized carbons (Fsp3) is 0.333. The number of hydrogen-bond donors (Lipinski definition) is 0. The van der Waals surface area contributed by atoms with E-state index < -0.39 is 0 Å². The van der Waals surface area contributed by atoms with Gasteiger partial charge >= 0.3 is 0 Å². The molecule has 118 valence electrons. The van der Waals surface area contributed by atoms with E-state index in [0.29, 0.717) is 0 Å². The lowest BCUT2D eigenvalue weighted by Crippen LogP contribution is -3.00. The van der Waals surface area contributed by atoms with Crippen molar-refractivity contribution in [2.45, 2.75) is 19.6 Å². The Labute approximate surface area is 142 Å². The molecule has 0 fully saturated rings. The number of rotatable bonds is 4. The molecule has 0 N–H and O–H groups in total. The van der Waals surface area contributed by atoms with Crippen molar-refractivity contribution >= 4 is 0 Å². The highest BCUT2D eigenvalue weighted by atomic mass is 79.9. The third-order valence-electron chi connectivity index (χ3n) is 4.22. The van der Waals surface area contributed by atoms with Crippen LogP contribution in [0.5, 0.6) is 11.5 Å². The van der Waals surface area contributed by atoms with Crippen molar-refractivity contribution in [3.05, 3.63) is 59.2 Å². The van der Waals surface area contributed by atoms with Gasteiger partial charge in [-0.05, 0) is 12.1 Å². The normalized spacial score (nSPS) is 14.9. The van der Waals surface area contributed by atoms with Crippen LogP contribution in [-0.2, 0) is 19.6 Å². The second kappa shape index (κ2) is 6.71. The van der Waals surface area contributed by atoms with E-state index in [4.69, 9.17) is 9.47 Å². The summed E-state index contributed by atoms with van der Waals surface area (Å²) in [5, 5.41) is 0. The van der Waals surface area contributed by atoms with Crippen LogP contribution in [0.15, 0.2) is 42.5 Å². The van der Waals surface area contributed by atoms with Gasteiger partial charge in [0.05, 0.1) is 21.3 Å². The number of halogens is 1. The van der Waals surface area contributed by atoms with Crippen LogP contribution in [0, 0.1) is 0 Å². The third-order valence-corrected chi connectivity index (χ3v) is 4.22. The molecule has 1 aliphatic heterocycles. The minimum absolute atomic E-state index is 0. The highest BCUT2D eigenvalue weighted by Gasteiger charge is 2.33. The summed E-state index contributed by atoms with van der Waals surface area (Å²) in [6.45, 7) is 3.11. The van der Waals surface area contributed by atoms with Crippen molar-refractivity contribution in [3.63, 3.8) is 0 Å². The van der Waals surface area contributed by atoms with Gasteiger partial charge in [0, 0.05) is 16.7 Å². The Morgan fingerprint density at radius 2 is 1.41 bits per heavy atom. The van der Waals surface area contributed by atoms with Gasteiger partial charge in [0.1, 0.15) is 19.6 Å². The zero-order valence-corrected chi connectivity index (χ0v) is 14.9. The maximum Gasteiger partial charge on any atom is 0.161 e. The van der Waals surface area contributed by atoms with Gasteiger partial charge in [-0.2, -0.15) is 0 Å². The van der Waals surface area contributed by atoms with Crippen LogP contribution in [0.4, 0.5) is 0 Å². The van der Waals surface area contributed by atoms with Crippen molar-refractivity contribution < 1.29 is 30.9 Å². The monoisotopic (exact) mass is 363 g/mol. The molecule has 0 amide bonds. The van der Waals surface area contributed by atoms with Gasteiger partial charge in [-0.3, -0.25) is 0 Å². The molecule has 0 radical (unpaired) electrons. The summed E-state index contributed by atoms with van der Waals surface area (Å²) >= 11 is 0. The molecule has 0 atom stereocenters. The van der Waals surface area contributed by atoms with Gasteiger partial charge < -0.3 is 30.9 Å². The van der Waals surface area contributed by atoms with Crippen LogP contribution in [0.1, 0.15) is 16.7 Å². The third kappa shape index (κ3) is 3.28. The van der Waals surface area contributed by atoms with Gasteiger partial charge in [-0.25, -0.2) is 0 Å². The summed E-state index contributed by atoms with van der Waals surface area (Å²) in [6, 6.07) is 14.9. The zero-order chi connectivity index (χ0) is 14.9. The van der Waals surface area contributed by atoms with Gasteiger partial charge in [-0.1, -0.05) is 30.3 Å². The maximum absolute atomic E-state index is 5.42. The summed E-state index contributed by atoms with van der Waals surface area (Å²) in [7, 11) is 5.69. The standard InChI is InChI=1S/C18H22NO2.BrH/c1-19(11-14-7-5-4-6-8-14)12-15-9-17(20-2)18(21-3)10-16(15)13-19;/h4-10H,11-13H2,1-3H3;1H/q+1;/p-1. The van der Waals surface area contributed by atoms with Gasteiger partial charge in [0.25, 0.3) is 0 Å². The first kappa shape index (κ1) is 16.8. The van der Waals surface area contributed by atoms with Crippen LogP contribution in [0.25, 0.3) is 0 Å². The Morgan fingerprint density at radius 1 is 0.909 bits per heavy atom. The molecule has 0 aromatic heterocycles. The second-order valence-corrected chi connectivity index (χ2v) is 6.06. The van der Waals surface area contributed by atoms with Crippen LogP contribution in [0.3, 0.4) is 0 Å². The van der Waals surface area contributed by atoms with Gasteiger partial charge in [0.2, 0.25) is 0 Å². The highest BCUT2D eigenvalue weighted by Crippen LogP contribution is 2.38. The van der Waals surface area contributed by atoms with E-state index in [1.165, 1.54) is 16.7 Å².